The Labute approximate surface area is 128 Å². The van der Waals surface area contributed by atoms with Gasteiger partial charge in [-0.3, -0.25) is 0 Å². The molecule has 20 heavy (non-hydrogen) atoms. The van der Waals surface area contributed by atoms with E-state index in [1.54, 1.807) is 0 Å². The van der Waals surface area contributed by atoms with Crippen LogP contribution in [0.3, 0.4) is 0 Å². The zero-order valence-corrected chi connectivity index (χ0v) is 14.8. The van der Waals surface area contributed by atoms with Crippen molar-refractivity contribution < 1.29 is 0 Å². The van der Waals surface area contributed by atoms with Crippen LogP contribution < -0.4 is 10.6 Å². The van der Waals surface area contributed by atoms with Gasteiger partial charge in [-0.15, -0.1) is 0 Å². The van der Waals surface area contributed by atoms with Crippen molar-refractivity contribution in [1.29, 1.82) is 0 Å². The number of hydrogen-bond donors (Lipinski definition) is 2. The van der Waals surface area contributed by atoms with Crippen LogP contribution in [-0.2, 0) is 0 Å². The molecule has 2 nitrogen and oxygen atoms in total. The van der Waals surface area contributed by atoms with E-state index >= 15 is 0 Å². The van der Waals surface area contributed by atoms with Crippen LogP contribution in [0.1, 0.15) is 73.1 Å². The molecule has 0 fully saturated rings. The fraction of sp³-hybridized carbons (Fsp3) is 1.00. The highest BCUT2D eigenvalue weighted by Gasteiger charge is 2.01. The molecule has 1 atom stereocenters. The molecule has 122 valence electrons. The van der Waals surface area contributed by atoms with Gasteiger partial charge in [-0.25, -0.2) is 0 Å². The maximum atomic E-state index is 3.59. The maximum absolute atomic E-state index is 3.59. The Kier molecular flexibility index (Phi) is 13.8. The standard InChI is InChI=1S/C18H40N2/c1-16(2)9-6-12-19-13-8-11-18(5)15-20-14-7-10-17(3)4/h16-20H,6-15H2,1-5H3. The average Bonchev–Trinajstić information content (AvgIpc) is 2.36. The second-order valence-electron chi connectivity index (χ2n) is 7.27. The SMILES string of the molecule is CC(C)CCCNCCCC(C)CNCCCC(C)C. The Hall–Kier alpha value is -0.0800. The van der Waals surface area contributed by atoms with Crippen LogP contribution in [0.15, 0.2) is 0 Å². The van der Waals surface area contributed by atoms with Crippen molar-refractivity contribution in [2.24, 2.45) is 17.8 Å². The molecule has 0 aliphatic heterocycles. The summed E-state index contributed by atoms with van der Waals surface area (Å²) in [6, 6.07) is 0. The van der Waals surface area contributed by atoms with Gasteiger partial charge in [-0.1, -0.05) is 34.6 Å². The second kappa shape index (κ2) is 13.9. The highest BCUT2D eigenvalue weighted by Crippen LogP contribution is 2.05. The zero-order valence-electron chi connectivity index (χ0n) is 14.8. The first-order valence-electron chi connectivity index (χ1n) is 8.93. The van der Waals surface area contributed by atoms with Crippen molar-refractivity contribution in [2.45, 2.75) is 73.1 Å². The van der Waals surface area contributed by atoms with Gasteiger partial charge in [-0.05, 0) is 82.5 Å². The van der Waals surface area contributed by atoms with Gasteiger partial charge in [0.05, 0.1) is 0 Å². The molecule has 0 amide bonds. The van der Waals surface area contributed by atoms with Crippen LogP contribution in [-0.4, -0.2) is 26.2 Å². The molecule has 0 radical (unpaired) electrons. The molecule has 0 aliphatic carbocycles. The van der Waals surface area contributed by atoms with E-state index in [1.165, 1.54) is 64.7 Å². The number of nitrogens with one attached hydrogen (secondary N) is 2. The smallest absolute Gasteiger partial charge is 0.00231 e. The van der Waals surface area contributed by atoms with Gasteiger partial charge < -0.3 is 10.6 Å². The lowest BCUT2D eigenvalue weighted by Crippen LogP contribution is -2.24. The van der Waals surface area contributed by atoms with E-state index in [0.29, 0.717) is 0 Å². The van der Waals surface area contributed by atoms with Crippen LogP contribution in [0.2, 0.25) is 0 Å². The molecule has 1 unspecified atom stereocenters. The third-order valence-electron chi connectivity index (χ3n) is 3.81. The summed E-state index contributed by atoms with van der Waals surface area (Å²) < 4.78 is 0. The Morgan fingerprint density at radius 1 is 0.600 bits per heavy atom. The van der Waals surface area contributed by atoms with Crippen molar-refractivity contribution in [1.82, 2.24) is 10.6 Å². The van der Waals surface area contributed by atoms with Crippen LogP contribution in [0, 0.1) is 17.8 Å². The number of rotatable bonds is 14. The Morgan fingerprint density at radius 3 is 1.55 bits per heavy atom. The minimum Gasteiger partial charge on any atom is -0.317 e. The van der Waals surface area contributed by atoms with Crippen molar-refractivity contribution in [3.63, 3.8) is 0 Å². The second-order valence-corrected chi connectivity index (χ2v) is 7.27. The molecule has 2 N–H and O–H groups in total. The van der Waals surface area contributed by atoms with E-state index in [9.17, 15) is 0 Å². The molecule has 0 bridgehead atoms. The quantitative estimate of drug-likeness (QED) is 0.460. The van der Waals surface area contributed by atoms with Gasteiger partial charge in [0.15, 0.2) is 0 Å². The predicted octanol–water partition coefficient (Wildman–Crippen LogP) is 4.45. The summed E-state index contributed by atoms with van der Waals surface area (Å²) in [6.45, 7) is 16.3. The summed E-state index contributed by atoms with van der Waals surface area (Å²) in [5.74, 6) is 2.50. The van der Waals surface area contributed by atoms with Crippen molar-refractivity contribution in [3.05, 3.63) is 0 Å². The predicted molar refractivity (Wildman–Crippen MR) is 92.3 cm³/mol. The Balaban J connectivity index is 3.18. The summed E-state index contributed by atoms with van der Waals surface area (Å²) in [4.78, 5) is 0. The van der Waals surface area contributed by atoms with E-state index in [1.807, 2.05) is 0 Å². The molecule has 0 rings (SSSR count). The summed E-state index contributed by atoms with van der Waals surface area (Å²) in [5, 5.41) is 7.16. The van der Waals surface area contributed by atoms with E-state index in [4.69, 9.17) is 0 Å². The van der Waals surface area contributed by atoms with E-state index in [2.05, 4.69) is 45.3 Å². The van der Waals surface area contributed by atoms with Crippen molar-refractivity contribution in [2.75, 3.05) is 26.2 Å². The zero-order chi connectivity index (χ0) is 15.2. The lowest BCUT2D eigenvalue weighted by Gasteiger charge is -2.13. The lowest BCUT2D eigenvalue weighted by molar-refractivity contribution is 0.441. The van der Waals surface area contributed by atoms with Gasteiger partial charge >= 0.3 is 0 Å². The molecule has 0 heterocycles. The molecule has 0 aliphatic rings. The first-order valence-corrected chi connectivity index (χ1v) is 8.93. The highest BCUT2D eigenvalue weighted by molar-refractivity contribution is 4.60. The molecular formula is C18H40N2. The molecule has 0 aromatic heterocycles. The number of hydrogen-bond acceptors (Lipinski definition) is 2. The normalized spacial score (nSPS) is 13.3. The summed E-state index contributed by atoms with van der Waals surface area (Å²) in [5.41, 5.74) is 0. The molecule has 2 heteroatoms. The van der Waals surface area contributed by atoms with Gasteiger partial charge in [0.25, 0.3) is 0 Å². The monoisotopic (exact) mass is 284 g/mol. The van der Waals surface area contributed by atoms with Crippen LogP contribution >= 0.6 is 0 Å². The molecule has 0 aromatic rings. The van der Waals surface area contributed by atoms with E-state index in [-0.39, 0.29) is 0 Å². The van der Waals surface area contributed by atoms with Crippen molar-refractivity contribution in [3.8, 4) is 0 Å². The Bertz CT molecular complexity index is 190. The third-order valence-corrected chi connectivity index (χ3v) is 3.81. The van der Waals surface area contributed by atoms with E-state index in [0.717, 1.165) is 17.8 Å². The molecule has 0 saturated heterocycles. The summed E-state index contributed by atoms with van der Waals surface area (Å²) in [6.07, 6.45) is 8.00. The summed E-state index contributed by atoms with van der Waals surface area (Å²) in [7, 11) is 0. The fourth-order valence-electron chi connectivity index (χ4n) is 2.42. The average molecular weight is 285 g/mol. The minimum atomic E-state index is 0.812. The largest absolute Gasteiger partial charge is 0.317 e. The first kappa shape index (κ1) is 19.9. The summed E-state index contributed by atoms with van der Waals surface area (Å²) >= 11 is 0. The molecule has 0 saturated carbocycles. The lowest BCUT2D eigenvalue weighted by atomic mass is 10.0. The minimum absolute atomic E-state index is 0.812. The van der Waals surface area contributed by atoms with Crippen LogP contribution in [0.25, 0.3) is 0 Å². The van der Waals surface area contributed by atoms with Crippen LogP contribution in [0.5, 0.6) is 0 Å². The highest BCUT2D eigenvalue weighted by atomic mass is 14.9. The van der Waals surface area contributed by atoms with Gasteiger partial charge in [0.2, 0.25) is 0 Å². The molecule has 0 aromatic carbocycles. The molecule has 0 spiro atoms. The van der Waals surface area contributed by atoms with Crippen molar-refractivity contribution >= 4 is 0 Å². The molecular weight excluding hydrogens is 244 g/mol. The maximum Gasteiger partial charge on any atom is -0.00231 e. The third kappa shape index (κ3) is 16.0. The first-order chi connectivity index (χ1) is 9.52. The topological polar surface area (TPSA) is 24.1 Å². The van der Waals surface area contributed by atoms with Gasteiger partial charge in [0, 0.05) is 0 Å². The van der Waals surface area contributed by atoms with Crippen LogP contribution in [0.4, 0.5) is 0 Å². The van der Waals surface area contributed by atoms with E-state index < -0.39 is 0 Å². The fourth-order valence-corrected chi connectivity index (χ4v) is 2.42. The van der Waals surface area contributed by atoms with Gasteiger partial charge in [-0.2, -0.15) is 0 Å². The Morgan fingerprint density at radius 2 is 1.05 bits per heavy atom. The van der Waals surface area contributed by atoms with Gasteiger partial charge in [0.1, 0.15) is 0 Å².